The smallest absolute Gasteiger partial charge is 0.111 e. The van der Waals surface area contributed by atoms with Gasteiger partial charge in [-0.3, -0.25) is 0 Å². The first-order valence-corrected chi connectivity index (χ1v) is 12.4. The Morgan fingerprint density at radius 3 is 2.10 bits per heavy atom. The monoisotopic (exact) mass is 444 g/mol. The summed E-state index contributed by atoms with van der Waals surface area (Å²) in [5.74, 6) is 0. The molecule has 3 aromatic heterocycles. The molecule has 0 N–H and O–H groups in total. The number of fused-ring (bicyclic) bond motifs is 5. The third-order valence-corrected chi connectivity index (χ3v) is 8.44. The summed E-state index contributed by atoms with van der Waals surface area (Å²) in [5.41, 5.74) is 7.48. The van der Waals surface area contributed by atoms with Crippen molar-refractivity contribution in [3.05, 3.63) is 57.6 Å². The maximum absolute atomic E-state index is 4.67. The molecule has 4 heteroatoms. The van der Waals surface area contributed by atoms with E-state index >= 15 is 0 Å². The van der Waals surface area contributed by atoms with Gasteiger partial charge in [-0.2, -0.15) is 5.10 Å². The third-order valence-electron chi connectivity index (χ3n) is 5.90. The van der Waals surface area contributed by atoms with Crippen molar-refractivity contribution >= 4 is 52.9 Å². The third kappa shape index (κ3) is 3.46. The molecule has 0 aliphatic heterocycles. The van der Waals surface area contributed by atoms with Crippen LogP contribution in [-0.2, 0) is 6.42 Å². The molecule has 0 saturated heterocycles. The lowest BCUT2D eigenvalue weighted by molar-refractivity contribution is 0.412. The van der Waals surface area contributed by atoms with Crippen molar-refractivity contribution in [1.82, 2.24) is 10.2 Å². The number of rotatable bonds is 2. The fourth-order valence-corrected chi connectivity index (χ4v) is 7.34. The van der Waals surface area contributed by atoms with E-state index < -0.39 is 0 Å². The second-order valence-corrected chi connectivity index (χ2v) is 12.3. The zero-order valence-corrected chi connectivity index (χ0v) is 20.9. The van der Waals surface area contributed by atoms with Crippen molar-refractivity contribution in [3.63, 3.8) is 0 Å². The van der Waals surface area contributed by atoms with Gasteiger partial charge in [0.1, 0.15) is 5.69 Å². The summed E-state index contributed by atoms with van der Waals surface area (Å²) < 4.78 is 4.05. The first kappa shape index (κ1) is 20.6. The van der Waals surface area contributed by atoms with E-state index in [0.717, 1.165) is 23.4 Å². The molecule has 2 aromatic carbocycles. The quantitative estimate of drug-likeness (QED) is 0.272. The maximum atomic E-state index is 4.67. The summed E-state index contributed by atoms with van der Waals surface area (Å²) in [6.45, 7) is 15.6. The van der Waals surface area contributed by atoms with Crippen LogP contribution < -0.4 is 0 Å². The Morgan fingerprint density at radius 1 is 0.774 bits per heavy atom. The van der Waals surface area contributed by atoms with Gasteiger partial charge in [0.15, 0.2) is 0 Å². The van der Waals surface area contributed by atoms with Crippen LogP contribution >= 0.6 is 22.7 Å². The molecule has 0 amide bonds. The molecule has 2 nitrogen and oxygen atoms in total. The molecular formula is C27H28N2S2. The average Bonchev–Trinajstić information content (AvgIpc) is 3.19. The minimum atomic E-state index is 0.272. The van der Waals surface area contributed by atoms with Gasteiger partial charge in [-0.1, -0.05) is 50.1 Å². The van der Waals surface area contributed by atoms with Gasteiger partial charge in [0, 0.05) is 21.2 Å². The lowest BCUT2D eigenvalue weighted by Gasteiger charge is -2.18. The maximum Gasteiger partial charge on any atom is 0.111 e. The molecule has 0 aliphatic carbocycles. The highest BCUT2D eigenvalue weighted by molar-refractivity contribution is 7.31. The Kier molecular flexibility index (Phi) is 4.72. The Morgan fingerprint density at radius 2 is 1.42 bits per heavy atom. The molecule has 5 rings (SSSR count). The Balaban J connectivity index is 1.84. The van der Waals surface area contributed by atoms with Crippen LogP contribution in [0.2, 0.25) is 0 Å². The number of nitrogens with zero attached hydrogens (tertiary/aromatic N) is 2. The topological polar surface area (TPSA) is 25.8 Å². The first-order valence-electron chi connectivity index (χ1n) is 10.8. The molecule has 0 radical (unpaired) electrons. The van der Waals surface area contributed by atoms with Crippen molar-refractivity contribution < 1.29 is 0 Å². The molecule has 0 bridgehead atoms. The van der Waals surface area contributed by atoms with Crippen LogP contribution in [0.1, 0.15) is 48.0 Å². The minimum Gasteiger partial charge on any atom is -0.155 e. The number of hydrogen-bond donors (Lipinski definition) is 0. The first-order chi connectivity index (χ1) is 14.6. The Hall–Kier alpha value is -2.30. The predicted molar refractivity (Wildman–Crippen MR) is 138 cm³/mol. The molecule has 0 spiro atoms. The molecule has 0 saturated carbocycles. The highest BCUT2D eigenvalue weighted by Crippen LogP contribution is 2.46. The van der Waals surface area contributed by atoms with Gasteiger partial charge in [0.25, 0.3) is 0 Å². The van der Waals surface area contributed by atoms with Gasteiger partial charge in [0.05, 0.1) is 19.8 Å². The molecule has 3 heterocycles. The molecule has 31 heavy (non-hydrogen) atoms. The van der Waals surface area contributed by atoms with E-state index in [9.17, 15) is 0 Å². The number of benzene rings is 2. The van der Waals surface area contributed by atoms with E-state index in [2.05, 4.69) is 89.0 Å². The summed E-state index contributed by atoms with van der Waals surface area (Å²) in [5, 5.41) is 13.2. The summed E-state index contributed by atoms with van der Waals surface area (Å²) in [4.78, 5) is 1.44. The highest BCUT2D eigenvalue weighted by Gasteiger charge is 2.21. The van der Waals surface area contributed by atoms with Crippen LogP contribution in [0.4, 0.5) is 0 Å². The fourth-order valence-electron chi connectivity index (χ4n) is 4.68. The van der Waals surface area contributed by atoms with E-state index in [1.165, 1.54) is 51.8 Å². The van der Waals surface area contributed by atoms with E-state index in [0.29, 0.717) is 0 Å². The highest BCUT2D eigenvalue weighted by atomic mass is 32.1. The van der Waals surface area contributed by atoms with Gasteiger partial charge < -0.3 is 0 Å². The van der Waals surface area contributed by atoms with E-state index in [4.69, 9.17) is 0 Å². The molecule has 0 fully saturated rings. The zero-order valence-electron chi connectivity index (χ0n) is 19.3. The van der Waals surface area contributed by atoms with Crippen LogP contribution in [0.15, 0.2) is 30.3 Å². The number of hydrogen-bond acceptors (Lipinski definition) is 4. The molecule has 0 aliphatic rings. The predicted octanol–water partition coefficient (Wildman–Crippen LogP) is 8.55. The van der Waals surface area contributed by atoms with Crippen molar-refractivity contribution in [2.75, 3.05) is 0 Å². The number of aryl methyl sites for hydroxylation is 4. The van der Waals surface area contributed by atoms with Gasteiger partial charge >= 0.3 is 0 Å². The van der Waals surface area contributed by atoms with E-state index in [1.807, 2.05) is 22.7 Å². The molecule has 158 valence electrons. The summed E-state index contributed by atoms with van der Waals surface area (Å²) >= 11 is 3.83. The SMILES string of the molecule is Cc1cc(C)cc(-c2nnc(C)c3c2sc2c3ccc3c(CC(C)(C)C)c(C)sc32)c1. The molecular weight excluding hydrogens is 416 g/mol. The van der Waals surface area contributed by atoms with Crippen LogP contribution in [-0.4, -0.2) is 10.2 Å². The fraction of sp³-hybridized carbons (Fsp3) is 0.333. The summed E-state index contributed by atoms with van der Waals surface area (Å²) in [6, 6.07) is 11.3. The van der Waals surface area contributed by atoms with Crippen LogP contribution in [0.5, 0.6) is 0 Å². The second kappa shape index (κ2) is 7.11. The summed E-state index contributed by atoms with van der Waals surface area (Å²) in [6.07, 6.45) is 1.10. The van der Waals surface area contributed by atoms with Crippen molar-refractivity contribution in [3.8, 4) is 11.3 Å². The van der Waals surface area contributed by atoms with Gasteiger partial charge in [-0.25, -0.2) is 0 Å². The van der Waals surface area contributed by atoms with Crippen LogP contribution in [0.3, 0.4) is 0 Å². The lowest BCUT2D eigenvalue weighted by atomic mass is 9.87. The second-order valence-electron chi connectivity index (χ2n) is 10.0. The van der Waals surface area contributed by atoms with Gasteiger partial charge in [-0.15, -0.1) is 27.8 Å². The van der Waals surface area contributed by atoms with Crippen molar-refractivity contribution in [1.29, 1.82) is 0 Å². The molecule has 0 atom stereocenters. The van der Waals surface area contributed by atoms with Crippen LogP contribution in [0, 0.1) is 33.1 Å². The minimum absolute atomic E-state index is 0.272. The van der Waals surface area contributed by atoms with E-state index in [-0.39, 0.29) is 5.41 Å². The number of thiophene rings is 2. The zero-order chi connectivity index (χ0) is 22.1. The van der Waals surface area contributed by atoms with Gasteiger partial charge in [0.2, 0.25) is 0 Å². The van der Waals surface area contributed by atoms with Crippen LogP contribution in [0.25, 0.3) is 41.5 Å². The normalized spacial score (nSPS) is 12.5. The molecule has 5 aromatic rings. The Labute approximate surface area is 192 Å². The lowest BCUT2D eigenvalue weighted by Crippen LogP contribution is -2.09. The number of aromatic nitrogens is 2. The summed E-state index contributed by atoms with van der Waals surface area (Å²) in [7, 11) is 0. The average molecular weight is 445 g/mol. The molecule has 0 unspecified atom stereocenters. The van der Waals surface area contributed by atoms with E-state index in [1.54, 1.807) is 0 Å². The Bertz CT molecular complexity index is 1460. The van der Waals surface area contributed by atoms with Crippen molar-refractivity contribution in [2.24, 2.45) is 5.41 Å². The van der Waals surface area contributed by atoms with Gasteiger partial charge in [-0.05, 0) is 62.6 Å². The standard InChI is InChI=1S/C27H28N2S2/c1-14-10-15(2)12-18(11-14)23-26-22(16(3)28-29-23)20-9-8-19-21(13-27(5,6)7)17(4)30-24(19)25(20)31-26/h8-12H,13H2,1-7H3. The largest absolute Gasteiger partial charge is 0.155 e. The van der Waals surface area contributed by atoms with Crippen molar-refractivity contribution in [2.45, 2.75) is 54.9 Å².